The smallest absolute Gasteiger partial charge is 0.416 e. The first-order chi connectivity index (χ1) is 23.0. The van der Waals surface area contributed by atoms with Crippen molar-refractivity contribution in [3.05, 3.63) is 125 Å². The molecule has 48 heavy (non-hydrogen) atoms. The Morgan fingerprint density at radius 1 is 0.688 bits per heavy atom. The van der Waals surface area contributed by atoms with Gasteiger partial charge >= 0.3 is 12.1 Å². The number of nitrogens with one attached hydrogen (secondary N) is 3. The maximum absolute atomic E-state index is 13.3. The second-order valence-electron chi connectivity index (χ2n) is 10.9. The number of esters is 1. The summed E-state index contributed by atoms with van der Waals surface area (Å²) < 4.78 is 44.5. The zero-order valence-electron chi connectivity index (χ0n) is 26.5. The molecule has 8 nitrogen and oxygen atoms in total. The fourth-order valence-corrected chi connectivity index (χ4v) is 5.29. The van der Waals surface area contributed by atoms with Gasteiger partial charge in [0.15, 0.2) is 5.41 Å². The third-order valence-electron chi connectivity index (χ3n) is 7.71. The number of carbonyl (C=O) groups excluding carboxylic acids is 4. The van der Waals surface area contributed by atoms with Crippen LogP contribution in [-0.2, 0) is 37.1 Å². The molecule has 0 fully saturated rings. The average Bonchev–Trinajstić information content (AvgIpc) is 3.08. The Bertz CT molecular complexity index is 1710. The molecule has 0 atom stereocenters. The van der Waals surface area contributed by atoms with E-state index in [1.54, 1.807) is 92.7 Å². The maximum atomic E-state index is 13.3. The average molecular weight is 660 g/mol. The molecule has 0 unspecified atom stereocenters. The molecular formula is C37H36F3N3O5. The molecule has 0 aliphatic carbocycles. The zero-order chi connectivity index (χ0) is 34.7. The van der Waals surface area contributed by atoms with Crippen LogP contribution in [0.25, 0.3) is 11.1 Å². The van der Waals surface area contributed by atoms with Crippen molar-refractivity contribution in [2.75, 3.05) is 25.0 Å². The summed E-state index contributed by atoms with van der Waals surface area (Å²) in [6, 6.07) is 26.4. The lowest BCUT2D eigenvalue weighted by Crippen LogP contribution is -2.55. The monoisotopic (exact) mass is 659 g/mol. The number of halogens is 3. The lowest BCUT2D eigenvalue weighted by Gasteiger charge is -2.31. The van der Waals surface area contributed by atoms with Crippen molar-refractivity contribution < 1.29 is 37.1 Å². The minimum Gasteiger partial charge on any atom is -0.465 e. The Morgan fingerprint density at radius 2 is 1.27 bits per heavy atom. The van der Waals surface area contributed by atoms with Crippen LogP contribution in [-0.4, -0.2) is 43.4 Å². The number of likely N-dealkylation sites (N-methyl/N-ethyl adjacent to an activating group) is 2. The van der Waals surface area contributed by atoms with Gasteiger partial charge in [0.2, 0.25) is 11.8 Å². The zero-order valence-corrected chi connectivity index (χ0v) is 26.5. The molecule has 0 spiro atoms. The predicted molar refractivity (Wildman–Crippen MR) is 176 cm³/mol. The highest BCUT2D eigenvalue weighted by Crippen LogP contribution is 2.32. The van der Waals surface area contributed by atoms with Crippen LogP contribution in [0.3, 0.4) is 0 Å². The summed E-state index contributed by atoms with van der Waals surface area (Å²) in [5.41, 5.74) is 0.351. The van der Waals surface area contributed by atoms with Crippen LogP contribution in [0, 0.1) is 0 Å². The van der Waals surface area contributed by atoms with Crippen LogP contribution in [0.2, 0.25) is 0 Å². The van der Waals surface area contributed by atoms with Crippen LogP contribution in [0.15, 0.2) is 103 Å². The van der Waals surface area contributed by atoms with Gasteiger partial charge in [0.25, 0.3) is 5.91 Å². The normalized spacial score (nSPS) is 11.4. The van der Waals surface area contributed by atoms with E-state index < -0.39 is 40.8 Å². The Morgan fingerprint density at radius 3 is 1.85 bits per heavy atom. The first kappa shape index (κ1) is 35.4. The lowest BCUT2D eigenvalue weighted by atomic mass is 9.75. The van der Waals surface area contributed by atoms with Crippen molar-refractivity contribution in [2.24, 2.45) is 0 Å². The molecule has 0 radical (unpaired) electrons. The van der Waals surface area contributed by atoms with Crippen LogP contribution < -0.4 is 16.0 Å². The second-order valence-corrected chi connectivity index (χ2v) is 10.9. The van der Waals surface area contributed by atoms with Gasteiger partial charge in [-0.2, -0.15) is 13.2 Å². The number of amides is 3. The fraction of sp³-hybridized carbons (Fsp3) is 0.243. The van der Waals surface area contributed by atoms with Crippen molar-refractivity contribution in [3.63, 3.8) is 0 Å². The van der Waals surface area contributed by atoms with Gasteiger partial charge in [-0.05, 0) is 66.4 Å². The van der Waals surface area contributed by atoms with Crippen molar-refractivity contribution in [1.82, 2.24) is 10.6 Å². The number of rotatable bonds is 13. The van der Waals surface area contributed by atoms with Crippen molar-refractivity contribution in [2.45, 2.75) is 38.3 Å². The Labute approximate surface area is 276 Å². The number of alkyl halides is 3. The standard InChI is InChI=1S/C37H36F3N3O5/c1-3-41-34(46)36(35(47)42-4-2,27-10-6-5-7-11-27)22-23-48-32(44)24-25-14-20-29(21-15-25)43-33(45)31-13-9-8-12-30(31)26-16-18-28(19-17-26)37(38,39)40/h5-21H,3-4,22-24H2,1-2H3,(H,41,46)(H,42,47)(H,43,45). The van der Waals surface area contributed by atoms with E-state index in [0.717, 1.165) is 12.1 Å². The molecule has 0 heterocycles. The highest BCUT2D eigenvalue weighted by atomic mass is 19.4. The van der Waals surface area contributed by atoms with E-state index in [9.17, 15) is 32.3 Å². The molecule has 3 N–H and O–H groups in total. The molecule has 0 aliphatic rings. The summed E-state index contributed by atoms with van der Waals surface area (Å²) in [6.45, 7) is 3.95. The summed E-state index contributed by atoms with van der Waals surface area (Å²) >= 11 is 0. The topological polar surface area (TPSA) is 114 Å². The second kappa shape index (κ2) is 15.9. The first-order valence-corrected chi connectivity index (χ1v) is 15.4. The van der Waals surface area contributed by atoms with E-state index in [2.05, 4.69) is 16.0 Å². The van der Waals surface area contributed by atoms with Gasteiger partial charge < -0.3 is 20.7 Å². The van der Waals surface area contributed by atoms with Gasteiger partial charge in [0, 0.05) is 30.8 Å². The molecule has 0 bridgehead atoms. The highest BCUT2D eigenvalue weighted by Gasteiger charge is 2.47. The molecular weight excluding hydrogens is 623 g/mol. The van der Waals surface area contributed by atoms with E-state index in [1.807, 2.05) is 0 Å². The van der Waals surface area contributed by atoms with Gasteiger partial charge in [0.05, 0.1) is 18.6 Å². The number of hydrogen-bond donors (Lipinski definition) is 3. The maximum Gasteiger partial charge on any atom is 0.416 e. The third kappa shape index (κ3) is 8.47. The van der Waals surface area contributed by atoms with E-state index in [4.69, 9.17) is 4.74 Å². The number of benzene rings is 4. The molecule has 0 aromatic heterocycles. The molecule has 250 valence electrons. The third-order valence-corrected chi connectivity index (χ3v) is 7.71. The number of hydrogen-bond acceptors (Lipinski definition) is 5. The fourth-order valence-electron chi connectivity index (χ4n) is 5.29. The predicted octanol–water partition coefficient (Wildman–Crippen LogP) is 6.31. The molecule has 4 aromatic carbocycles. The van der Waals surface area contributed by atoms with Gasteiger partial charge in [-0.25, -0.2) is 0 Å². The first-order valence-electron chi connectivity index (χ1n) is 15.4. The number of anilines is 1. The Balaban J connectivity index is 1.39. The molecule has 4 rings (SSSR count). The van der Waals surface area contributed by atoms with Gasteiger partial charge in [-0.15, -0.1) is 0 Å². The van der Waals surface area contributed by atoms with Crippen molar-refractivity contribution in [3.8, 4) is 11.1 Å². The van der Waals surface area contributed by atoms with E-state index in [0.29, 0.717) is 41.0 Å². The summed E-state index contributed by atoms with van der Waals surface area (Å²) in [6.07, 6.45) is -4.63. The molecule has 11 heteroatoms. The van der Waals surface area contributed by atoms with Crippen LogP contribution in [0.1, 0.15) is 47.3 Å². The minimum atomic E-state index is -4.47. The van der Waals surface area contributed by atoms with Crippen LogP contribution >= 0.6 is 0 Å². The highest BCUT2D eigenvalue weighted by molar-refractivity contribution is 6.11. The van der Waals surface area contributed by atoms with Crippen molar-refractivity contribution >= 4 is 29.4 Å². The Kier molecular flexibility index (Phi) is 11.7. The summed E-state index contributed by atoms with van der Waals surface area (Å²) in [7, 11) is 0. The van der Waals surface area contributed by atoms with Crippen molar-refractivity contribution in [1.29, 1.82) is 0 Å². The number of ether oxygens (including phenoxy) is 1. The van der Waals surface area contributed by atoms with Crippen LogP contribution in [0.5, 0.6) is 0 Å². The molecule has 4 aromatic rings. The quantitative estimate of drug-likeness (QED) is 0.115. The van der Waals surface area contributed by atoms with E-state index in [-0.39, 0.29) is 25.0 Å². The molecule has 0 saturated carbocycles. The summed E-state index contributed by atoms with van der Waals surface area (Å²) in [5.74, 6) is -2.00. The van der Waals surface area contributed by atoms with Gasteiger partial charge in [0.1, 0.15) is 0 Å². The lowest BCUT2D eigenvalue weighted by molar-refractivity contribution is -0.147. The SMILES string of the molecule is CCNC(=O)C(CCOC(=O)Cc1ccc(NC(=O)c2ccccc2-c2ccc(C(F)(F)F)cc2)cc1)(C(=O)NCC)c1ccccc1. The van der Waals surface area contributed by atoms with E-state index >= 15 is 0 Å². The largest absolute Gasteiger partial charge is 0.465 e. The molecule has 3 amide bonds. The molecule has 0 saturated heterocycles. The van der Waals surface area contributed by atoms with Crippen LogP contribution in [0.4, 0.5) is 18.9 Å². The van der Waals surface area contributed by atoms with E-state index in [1.165, 1.54) is 12.1 Å². The number of carbonyl (C=O) groups is 4. The van der Waals surface area contributed by atoms with Gasteiger partial charge in [-0.3, -0.25) is 19.2 Å². The summed E-state index contributed by atoms with van der Waals surface area (Å²) in [5, 5.41) is 8.27. The van der Waals surface area contributed by atoms with Gasteiger partial charge in [-0.1, -0.05) is 72.8 Å². The summed E-state index contributed by atoms with van der Waals surface area (Å²) in [4.78, 5) is 52.5. The Hall–Kier alpha value is -5.45. The molecule has 0 aliphatic heterocycles. The minimum absolute atomic E-state index is 0.0701.